The Morgan fingerprint density at radius 3 is 2.46 bits per heavy atom. The van der Waals surface area contributed by atoms with E-state index in [1.54, 1.807) is 0 Å². The van der Waals surface area contributed by atoms with Gasteiger partial charge in [0, 0.05) is 12.7 Å². The predicted molar refractivity (Wildman–Crippen MR) is 84.4 cm³/mol. The van der Waals surface area contributed by atoms with Crippen LogP contribution in [0.4, 0.5) is 13.2 Å². The first-order valence-electron chi connectivity index (χ1n) is 7.23. The number of amides is 1. The largest absolute Gasteiger partial charge is 0.433 e. The summed E-state index contributed by atoms with van der Waals surface area (Å²) in [7, 11) is 0. The van der Waals surface area contributed by atoms with Crippen molar-refractivity contribution in [3.63, 3.8) is 0 Å². The van der Waals surface area contributed by atoms with Gasteiger partial charge in [-0.2, -0.15) is 13.2 Å². The summed E-state index contributed by atoms with van der Waals surface area (Å²) >= 11 is 0. The third kappa shape index (κ3) is 3.37. The number of pyridine rings is 1. The quantitative estimate of drug-likeness (QED) is 0.783. The first-order chi connectivity index (χ1) is 11.4. The maximum absolute atomic E-state index is 12.5. The summed E-state index contributed by atoms with van der Waals surface area (Å²) in [5, 5.41) is 4.78. The number of hydrogen-bond acceptors (Lipinski definition) is 2. The molecule has 3 rings (SSSR count). The van der Waals surface area contributed by atoms with Crippen molar-refractivity contribution in [1.29, 1.82) is 0 Å². The molecule has 0 radical (unpaired) electrons. The monoisotopic (exact) mass is 330 g/mol. The van der Waals surface area contributed by atoms with Gasteiger partial charge in [-0.3, -0.25) is 9.78 Å². The second kappa shape index (κ2) is 6.31. The SMILES string of the molecule is O=C(NCc1cccc2ccccc12)c1ccc(C(F)(F)F)nc1. The van der Waals surface area contributed by atoms with E-state index in [0.29, 0.717) is 0 Å². The molecule has 1 aromatic heterocycles. The van der Waals surface area contributed by atoms with Crippen molar-refractivity contribution < 1.29 is 18.0 Å². The number of benzene rings is 2. The Kier molecular flexibility index (Phi) is 4.20. The molecular formula is C18H13F3N2O. The molecule has 0 aliphatic rings. The summed E-state index contributed by atoms with van der Waals surface area (Å²) in [5.41, 5.74) is -0.00217. The van der Waals surface area contributed by atoms with Crippen LogP contribution in [-0.2, 0) is 12.7 Å². The van der Waals surface area contributed by atoms with Crippen molar-refractivity contribution in [1.82, 2.24) is 10.3 Å². The van der Waals surface area contributed by atoms with Gasteiger partial charge in [0.2, 0.25) is 0 Å². The summed E-state index contributed by atoms with van der Waals surface area (Å²) in [4.78, 5) is 15.4. The number of carbonyl (C=O) groups is 1. The topological polar surface area (TPSA) is 42.0 Å². The normalized spacial score (nSPS) is 11.5. The first-order valence-corrected chi connectivity index (χ1v) is 7.23. The zero-order chi connectivity index (χ0) is 17.2. The van der Waals surface area contributed by atoms with Crippen LogP contribution in [0.5, 0.6) is 0 Å². The van der Waals surface area contributed by atoms with E-state index in [4.69, 9.17) is 0 Å². The number of hydrogen-bond donors (Lipinski definition) is 1. The van der Waals surface area contributed by atoms with Gasteiger partial charge < -0.3 is 5.32 Å². The molecule has 0 saturated heterocycles. The molecule has 0 bridgehead atoms. The van der Waals surface area contributed by atoms with Crippen molar-refractivity contribution >= 4 is 16.7 Å². The third-order valence-corrected chi connectivity index (χ3v) is 3.64. The minimum atomic E-state index is -4.52. The van der Waals surface area contributed by atoms with Gasteiger partial charge in [-0.05, 0) is 28.5 Å². The maximum Gasteiger partial charge on any atom is 0.433 e. The van der Waals surface area contributed by atoms with Crippen LogP contribution in [0.1, 0.15) is 21.6 Å². The van der Waals surface area contributed by atoms with Crippen molar-refractivity contribution in [2.45, 2.75) is 12.7 Å². The number of nitrogens with zero attached hydrogens (tertiary/aromatic N) is 1. The molecule has 0 atom stereocenters. The molecule has 24 heavy (non-hydrogen) atoms. The highest BCUT2D eigenvalue weighted by Crippen LogP contribution is 2.27. The fraction of sp³-hybridized carbons (Fsp3) is 0.111. The molecule has 6 heteroatoms. The van der Waals surface area contributed by atoms with Crippen LogP contribution >= 0.6 is 0 Å². The van der Waals surface area contributed by atoms with Gasteiger partial charge >= 0.3 is 6.18 Å². The van der Waals surface area contributed by atoms with Crippen molar-refractivity contribution in [2.75, 3.05) is 0 Å². The maximum atomic E-state index is 12.5. The zero-order valence-corrected chi connectivity index (χ0v) is 12.5. The highest BCUT2D eigenvalue weighted by atomic mass is 19.4. The van der Waals surface area contributed by atoms with Crippen LogP contribution in [0.3, 0.4) is 0 Å². The van der Waals surface area contributed by atoms with Crippen LogP contribution in [0.15, 0.2) is 60.8 Å². The van der Waals surface area contributed by atoms with Crippen LogP contribution in [0.2, 0.25) is 0 Å². The van der Waals surface area contributed by atoms with Gasteiger partial charge in [-0.25, -0.2) is 0 Å². The highest BCUT2D eigenvalue weighted by Gasteiger charge is 2.32. The lowest BCUT2D eigenvalue weighted by Crippen LogP contribution is -2.23. The second-order valence-electron chi connectivity index (χ2n) is 5.25. The average molecular weight is 330 g/mol. The summed E-state index contributed by atoms with van der Waals surface area (Å²) in [6.45, 7) is 0.279. The van der Waals surface area contributed by atoms with Crippen molar-refractivity contribution in [3.8, 4) is 0 Å². The molecule has 0 aliphatic heterocycles. The molecule has 1 amide bonds. The van der Waals surface area contributed by atoms with E-state index in [1.165, 1.54) is 0 Å². The number of fused-ring (bicyclic) bond motifs is 1. The van der Waals surface area contributed by atoms with E-state index >= 15 is 0 Å². The second-order valence-corrected chi connectivity index (χ2v) is 5.25. The van der Waals surface area contributed by atoms with Gasteiger partial charge in [0.1, 0.15) is 5.69 Å². The van der Waals surface area contributed by atoms with E-state index in [9.17, 15) is 18.0 Å². The van der Waals surface area contributed by atoms with E-state index in [1.807, 2.05) is 42.5 Å². The third-order valence-electron chi connectivity index (χ3n) is 3.64. The van der Waals surface area contributed by atoms with E-state index in [0.717, 1.165) is 34.7 Å². The van der Waals surface area contributed by atoms with Gasteiger partial charge in [-0.15, -0.1) is 0 Å². The van der Waals surface area contributed by atoms with Crippen LogP contribution in [0.25, 0.3) is 10.8 Å². The Balaban J connectivity index is 1.73. The number of rotatable bonds is 3. The summed E-state index contributed by atoms with van der Waals surface area (Å²) in [6, 6.07) is 15.4. The summed E-state index contributed by atoms with van der Waals surface area (Å²) < 4.78 is 37.4. The van der Waals surface area contributed by atoms with Gasteiger partial charge in [0.15, 0.2) is 0 Å². The molecule has 3 nitrogen and oxygen atoms in total. The van der Waals surface area contributed by atoms with Crippen LogP contribution in [0, 0.1) is 0 Å². The first kappa shape index (κ1) is 16.0. The Morgan fingerprint density at radius 2 is 1.75 bits per heavy atom. The number of alkyl halides is 3. The Morgan fingerprint density at radius 1 is 1.00 bits per heavy atom. The van der Waals surface area contributed by atoms with Crippen molar-refractivity contribution in [2.24, 2.45) is 0 Å². The molecule has 1 N–H and O–H groups in total. The number of halogens is 3. The Hall–Kier alpha value is -2.89. The molecule has 0 saturated carbocycles. The molecular weight excluding hydrogens is 317 g/mol. The highest BCUT2D eigenvalue weighted by molar-refractivity contribution is 5.94. The van der Waals surface area contributed by atoms with E-state index in [2.05, 4.69) is 10.3 Å². The number of nitrogens with one attached hydrogen (secondary N) is 1. The van der Waals surface area contributed by atoms with Crippen LogP contribution < -0.4 is 5.32 Å². The fourth-order valence-electron chi connectivity index (χ4n) is 2.42. The van der Waals surface area contributed by atoms with E-state index < -0.39 is 17.8 Å². The lowest BCUT2D eigenvalue weighted by molar-refractivity contribution is -0.141. The van der Waals surface area contributed by atoms with Gasteiger partial charge in [0.05, 0.1) is 5.56 Å². The number of aromatic nitrogens is 1. The molecule has 0 aliphatic carbocycles. The fourth-order valence-corrected chi connectivity index (χ4v) is 2.42. The molecule has 1 heterocycles. The molecule has 3 aromatic rings. The lowest BCUT2D eigenvalue weighted by atomic mass is 10.0. The van der Waals surface area contributed by atoms with Crippen molar-refractivity contribution in [3.05, 3.63) is 77.6 Å². The van der Waals surface area contributed by atoms with Crippen LogP contribution in [-0.4, -0.2) is 10.9 Å². The minimum Gasteiger partial charge on any atom is -0.348 e. The average Bonchev–Trinajstić information content (AvgIpc) is 2.59. The predicted octanol–water partition coefficient (Wildman–Crippen LogP) is 4.18. The summed E-state index contributed by atoms with van der Waals surface area (Å²) in [6.07, 6.45) is -3.58. The molecule has 0 spiro atoms. The van der Waals surface area contributed by atoms with Gasteiger partial charge in [-0.1, -0.05) is 42.5 Å². The van der Waals surface area contributed by atoms with Gasteiger partial charge in [0.25, 0.3) is 5.91 Å². The molecule has 122 valence electrons. The minimum absolute atomic E-state index is 0.0863. The lowest BCUT2D eigenvalue weighted by Gasteiger charge is -2.09. The Labute approximate surface area is 136 Å². The summed E-state index contributed by atoms with van der Waals surface area (Å²) in [5.74, 6) is -0.468. The molecule has 0 unspecified atom stereocenters. The number of carbonyl (C=O) groups excluding carboxylic acids is 1. The zero-order valence-electron chi connectivity index (χ0n) is 12.5. The molecule has 2 aromatic carbocycles. The standard InChI is InChI=1S/C18H13F3N2O/c19-18(20,21)16-9-8-14(11-22-16)17(24)23-10-13-6-3-5-12-4-1-2-7-15(12)13/h1-9,11H,10H2,(H,23,24). The smallest absolute Gasteiger partial charge is 0.348 e. The van der Waals surface area contributed by atoms with E-state index in [-0.39, 0.29) is 12.1 Å². The Bertz CT molecular complexity index is 868. The molecule has 0 fully saturated rings.